The van der Waals surface area contributed by atoms with Crippen LogP contribution in [0.1, 0.15) is 25.3 Å². The third-order valence-electron chi connectivity index (χ3n) is 3.84. The highest BCUT2D eigenvalue weighted by atomic mass is 14.2. The molecule has 0 heterocycles. The summed E-state index contributed by atoms with van der Waals surface area (Å²) in [6.07, 6.45) is 18.2. The van der Waals surface area contributed by atoms with Crippen LogP contribution in [0.15, 0.2) is 90.6 Å². The van der Waals surface area contributed by atoms with Gasteiger partial charge in [-0.3, -0.25) is 0 Å². The van der Waals surface area contributed by atoms with Crippen molar-refractivity contribution in [2.45, 2.75) is 26.2 Å². The van der Waals surface area contributed by atoms with Crippen LogP contribution >= 0.6 is 0 Å². The van der Waals surface area contributed by atoms with E-state index in [0.717, 1.165) is 19.3 Å². The fraction of sp³-hybridized carbons (Fsp3) is 0.238. The van der Waals surface area contributed by atoms with Crippen LogP contribution in [0.2, 0.25) is 0 Å². The SMILES string of the molecule is C=C/C=C\C=C(/Cc1ccccc1)[C@@H]1CC=CC=C(C)C1. The molecule has 0 N–H and O–H groups in total. The van der Waals surface area contributed by atoms with Crippen molar-refractivity contribution >= 4 is 0 Å². The number of rotatable bonds is 5. The summed E-state index contributed by atoms with van der Waals surface area (Å²) in [6.45, 7) is 5.97. The third-order valence-corrected chi connectivity index (χ3v) is 3.84. The first-order valence-electron chi connectivity index (χ1n) is 7.64. The summed E-state index contributed by atoms with van der Waals surface area (Å²) >= 11 is 0. The van der Waals surface area contributed by atoms with E-state index < -0.39 is 0 Å². The van der Waals surface area contributed by atoms with Gasteiger partial charge in [-0.15, -0.1) is 0 Å². The molecule has 1 aromatic carbocycles. The van der Waals surface area contributed by atoms with Gasteiger partial charge in [-0.25, -0.2) is 0 Å². The molecule has 0 spiro atoms. The minimum atomic E-state index is 0.592. The van der Waals surface area contributed by atoms with E-state index in [9.17, 15) is 0 Å². The molecular weight excluding hydrogens is 252 g/mol. The molecule has 0 heteroatoms. The van der Waals surface area contributed by atoms with Crippen LogP contribution in [-0.4, -0.2) is 0 Å². The average Bonchev–Trinajstić information content (AvgIpc) is 2.72. The predicted octanol–water partition coefficient (Wildman–Crippen LogP) is 5.81. The van der Waals surface area contributed by atoms with E-state index in [1.807, 2.05) is 12.2 Å². The van der Waals surface area contributed by atoms with Crippen molar-refractivity contribution in [1.29, 1.82) is 0 Å². The first-order valence-corrected chi connectivity index (χ1v) is 7.64. The Morgan fingerprint density at radius 2 is 2.05 bits per heavy atom. The second-order valence-electron chi connectivity index (χ2n) is 5.60. The summed E-state index contributed by atoms with van der Waals surface area (Å²) in [7, 11) is 0. The Morgan fingerprint density at radius 1 is 1.24 bits per heavy atom. The molecule has 1 aliphatic rings. The minimum absolute atomic E-state index is 0.592. The van der Waals surface area contributed by atoms with Gasteiger partial charge in [0.2, 0.25) is 0 Å². The van der Waals surface area contributed by atoms with Gasteiger partial charge in [-0.05, 0) is 37.7 Å². The summed E-state index contributed by atoms with van der Waals surface area (Å²) < 4.78 is 0. The molecule has 0 radical (unpaired) electrons. The summed E-state index contributed by atoms with van der Waals surface area (Å²) in [6, 6.07) is 10.7. The lowest BCUT2D eigenvalue weighted by Gasteiger charge is -2.19. The number of hydrogen-bond donors (Lipinski definition) is 0. The molecule has 1 atom stereocenters. The Morgan fingerprint density at radius 3 is 2.81 bits per heavy atom. The molecule has 0 amide bonds. The average molecular weight is 276 g/mol. The maximum absolute atomic E-state index is 3.74. The molecule has 0 saturated carbocycles. The number of benzene rings is 1. The van der Waals surface area contributed by atoms with Gasteiger partial charge in [-0.1, -0.05) is 90.6 Å². The van der Waals surface area contributed by atoms with Crippen molar-refractivity contribution < 1.29 is 0 Å². The Hall–Kier alpha value is -2.08. The zero-order valence-electron chi connectivity index (χ0n) is 12.8. The highest BCUT2D eigenvalue weighted by Crippen LogP contribution is 2.28. The van der Waals surface area contributed by atoms with Crippen LogP contribution in [0.3, 0.4) is 0 Å². The standard InChI is InChI=1S/C21H24/c1-3-4-6-14-21(17-19-12-7-5-8-13-19)20-15-10-9-11-18(2)16-20/h3-14,20H,1,15-17H2,2H3/b6-4-,21-14+/t20-/m1/s1. The Bertz CT molecular complexity index is 567. The van der Waals surface area contributed by atoms with E-state index in [2.05, 4.69) is 74.2 Å². The van der Waals surface area contributed by atoms with E-state index in [4.69, 9.17) is 0 Å². The number of allylic oxidation sites excluding steroid dienone is 9. The van der Waals surface area contributed by atoms with E-state index >= 15 is 0 Å². The van der Waals surface area contributed by atoms with Gasteiger partial charge in [0.15, 0.2) is 0 Å². The molecule has 1 aliphatic carbocycles. The Labute approximate surface area is 128 Å². The van der Waals surface area contributed by atoms with Gasteiger partial charge >= 0.3 is 0 Å². The molecule has 0 aliphatic heterocycles. The first kappa shape index (κ1) is 15.3. The van der Waals surface area contributed by atoms with Gasteiger partial charge < -0.3 is 0 Å². The van der Waals surface area contributed by atoms with Crippen LogP contribution in [0.25, 0.3) is 0 Å². The maximum atomic E-state index is 3.74. The zero-order valence-corrected chi connectivity index (χ0v) is 12.8. The molecule has 0 unspecified atom stereocenters. The lowest BCUT2D eigenvalue weighted by Crippen LogP contribution is -2.06. The largest absolute Gasteiger partial charge is 0.0991 e. The van der Waals surface area contributed by atoms with Crippen molar-refractivity contribution in [2.75, 3.05) is 0 Å². The molecular formula is C21H24. The highest BCUT2D eigenvalue weighted by Gasteiger charge is 2.15. The van der Waals surface area contributed by atoms with Gasteiger partial charge in [-0.2, -0.15) is 0 Å². The lowest BCUT2D eigenvalue weighted by atomic mass is 9.86. The van der Waals surface area contributed by atoms with Crippen molar-refractivity contribution in [3.8, 4) is 0 Å². The summed E-state index contributed by atoms with van der Waals surface area (Å²) in [5.41, 5.74) is 4.34. The Kier molecular flexibility index (Phi) is 6.02. The second-order valence-corrected chi connectivity index (χ2v) is 5.60. The topological polar surface area (TPSA) is 0 Å². The maximum Gasteiger partial charge on any atom is -0.00610 e. The van der Waals surface area contributed by atoms with Crippen molar-refractivity contribution in [1.82, 2.24) is 0 Å². The molecule has 21 heavy (non-hydrogen) atoms. The van der Waals surface area contributed by atoms with Crippen molar-refractivity contribution in [2.24, 2.45) is 5.92 Å². The highest BCUT2D eigenvalue weighted by molar-refractivity contribution is 5.29. The zero-order chi connectivity index (χ0) is 14.9. The van der Waals surface area contributed by atoms with Crippen LogP contribution in [-0.2, 0) is 6.42 Å². The van der Waals surface area contributed by atoms with Crippen LogP contribution in [0.5, 0.6) is 0 Å². The van der Waals surface area contributed by atoms with E-state index in [1.165, 1.54) is 16.7 Å². The molecule has 1 aromatic rings. The molecule has 0 saturated heterocycles. The van der Waals surface area contributed by atoms with Gasteiger partial charge in [0, 0.05) is 0 Å². The van der Waals surface area contributed by atoms with Crippen molar-refractivity contribution in [3.63, 3.8) is 0 Å². The smallest absolute Gasteiger partial charge is 0.00610 e. The fourth-order valence-corrected chi connectivity index (χ4v) is 2.73. The first-order chi connectivity index (χ1) is 10.3. The third kappa shape index (κ3) is 5.07. The Balaban J connectivity index is 2.21. The van der Waals surface area contributed by atoms with E-state index in [1.54, 1.807) is 0 Å². The van der Waals surface area contributed by atoms with Crippen LogP contribution < -0.4 is 0 Å². The molecule has 0 fully saturated rings. The van der Waals surface area contributed by atoms with Gasteiger partial charge in [0.1, 0.15) is 0 Å². The van der Waals surface area contributed by atoms with Crippen molar-refractivity contribution in [3.05, 3.63) is 96.2 Å². The van der Waals surface area contributed by atoms with Gasteiger partial charge in [0.05, 0.1) is 0 Å². The molecule has 108 valence electrons. The minimum Gasteiger partial charge on any atom is -0.0991 e. The van der Waals surface area contributed by atoms with E-state index in [0.29, 0.717) is 5.92 Å². The fourth-order valence-electron chi connectivity index (χ4n) is 2.73. The predicted molar refractivity (Wildman–Crippen MR) is 93.2 cm³/mol. The summed E-state index contributed by atoms with van der Waals surface area (Å²) in [5, 5.41) is 0. The second kappa shape index (κ2) is 8.26. The summed E-state index contributed by atoms with van der Waals surface area (Å²) in [5.74, 6) is 0.592. The van der Waals surface area contributed by atoms with Crippen LogP contribution in [0.4, 0.5) is 0 Å². The number of hydrogen-bond acceptors (Lipinski definition) is 0. The van der Waals surface area contributed by atoms with E-state index in [-0.39, 0.29) is 0 Å². The molecule has 0 nitrogen and oxygen atoms in total. The molecule has 0 bridgehead atoms. The molecule has 2 rings (SSSR count). The van der Waals surface area contributed by atoms with Crippen LogP contribution in [0, 0.1) is 5.92 Å². The monoisotopic (exact) mass is 276 g/mol. The lowest BCUT2D eigenvalue weighted by molar-refractivity contribution is 0.605. The quantitative estimate of drug-likeness (QED) is 0.595. The normalized spacial score (nSPS) is 19.4. The summed E-state index contributed by atoms with van der Waals surface area (Å²) in [4.78, 5) is 0. The molecule has 0 aromatic heterocycles. The van der Waals surface area contributed by atoms with Gasteiger partial charge in [0.25, 0.3) is 0 Å².